The fourth-order valence-electron chi connectivity index (χ4n) is 6.42. The third-order valence-electron chi connectivity index (χ3n) is 8.14. The maximum Gasteiger partial charge on any atom is 0.391 e. The quantitative estimate of drug-likeness (QED) is 0.438. The molecule has 0 spiro atoms. The highest BCUT2D eigenvalue weighted by molar-refractivity contribution is 6.37. The largest absolute Gasteiger partial charge is 0.489 e. The number of rotatable bonds is 4. The molecule has 2 aromatic carbocycles. The molecule has 1 aliphatic carbocycles. The molecule has 6 heteroatoms. The Kier molecular flexibility index (Phi) is 6.56. The van der Waals surface area contributed by atoms with Gasteiger partial charge in [0.2, 0.25) is 0 Å². The third kappa shape index (κ3) is 5.00. The molecule has 2 nitrogen and oxygen atoms in total. The predicted octanol–water partition coefficient (Wildman–Crippen LogP) is 8.15. The second-order valence-electron chi connectivity index (χ2n) is 10.6. The van der Waals surface area contributed by atoms with Gasteiger partial charge in [-0.25, -0.2) is 0 Å². The van der Waals surface area contributed by atoms with E-state index in [-0.39, 0.29) is 18.9 Å². The number of benzene rings is 2. The van der Waals surface area contributed by atoms with Crippen LogP contribution in [0, 0.1) is 11.8 Å². The molecule has 2 atom stereocenters. The Morgan fingerprint density at radius 1 is 0.970 bits per heavy atom. The first kappa shape index (κ1) is 23.3. The minimum atomic E-state index is -4.10. The second-order valence-corrected chi connectivity index (χ2v) is 10.9. The summed E-state index contributed by atoms with van der Waals surface area (Å²) in [6, 6.07) is 11.8. The van der Waals surface area contributed by atoms with Crippen molar-refractivity contribution in [3.05, 3.63) is 40.9 Å². The standard InChI is InChI=1S/C27H33ClF3NO/c1-17-13-21-3-2-4-22(14-17)32(21)16-18-5-11-24-19(15-18)6-12-25(26(24)28)33-23-9-7-20(8-10-23)27(29,30)31/h5-6,11-12,15,17,20-23H,2-4,7-10,13-14,16H2,1H3. The van der Waals surface area contributed by atoms with Crippen molar-refractivity contribution in [1.29, 1.82) is 0 Å². The molecule has 5 rings (SSSR count). The number of hydrogen-bond acceptors (Lipinski definition) is 2. The minimum absolute atomic E-state index is 0.125. The Hall–Kier alpha value is -1.46. The van der Waals surface area contributed by atoms with Gasteiger partial charge in [0.15, 0.2) is 0 Å². The fraction of sp³-hybridized carbons (Fsp3) is 0.630. The van der Waals surface area contributed by atoms with Gasteiger partial charge in [0.05, 0.1) is 17.0 Å². The van der Waals surface area contributed by atoms with Crippen molar-refractivity contribution in [3.63, 3.8) is 0 Å². The van der Waals surface area contributed by atoms with Crippen molar-refractivity contribution in [3.8, 4) is 5.75 Å². The molecule has 1 saturated carbocycles. The minimum Gasteiger partial charge on any atom is -0.489 e. The molecule has 180 valence electrons. The van der Waals surface area contributed by atoms with E-state index in [1.54, 1.807) is 0 Å². The summed E-state index contributed by atoms with van der Waals surface area (Å²) in [5.41, 5.74) is 1.31. The van der Waals surface area contributed by atoms with Gasteiger partial charge >= 0.3 is 6.18 Å². The van der Waals surface area contributed by atoms with Gasteiger partial charge in [-0.1, -0.05) is 43.1 Å². The Bertz CT molecular complexity index is 971. The average Bonchev–Trinajstić information content (AvgIpc) is 2.76. The van der Waals surface area contributed by atoms with Gasteiger partial charge in [0, 0.05) is 24.0 Å². The van der Waals surface area contributed by atoms with Crippen LogP contribution in [-0.2, 0) is 6.54 Å². The van der Waals surface area contributed by atoms with Crippen LogP contribution in [0.5, 0.6) is 5.75 Å². The van der Waals surface area contributed by atoms with Crippen molar-refractivity contribution in [2.24, 2.45) is 11.8 Å². The van der Waals surface area contributed by atoms with Crippen LogP contribution in [0.1, 0.15) is 70.3 Å². The number of fused-ring (bicyclic) bond motifs is 3. The van der Waals surface area contributed by atoms with Crippen molar-refractivity contribution < 1.29 is 17.9 Å². The number of alkyl halides is 3. The average molecular weight is 480 g/mol. The first-order valence-electron chi connectivity index (χ1n) is 12.5. The summed E-state index contributed by atoms with van der Waals surface area (Å²) in [5, 5.41) is 2.58. The third-order valence-corrected chi connectivity index (χ3v) is 8.53. The summed E-state index contributed by atoms with van der Waals surface area (Å²) >= 11 is 6.68. The molecule has 2 bridgehead atoms. The number of nitrogens with zero attached hydrogens (tertiary/aromatic N) is 1. The SMILES string of the molecule is CC1CC2CCCC(C1)N2Cc1ccc2c(Cl)c(OC3CCC(C(F)(F)F)CC3)ccc2c1. The zero-order valence-corrected chi connectivity index (χ0v) is 20.0. The molecule has 0 aromatic heterocycles. The van der Waals surface area contributed by atoms with Crippen LogP contribution in [0.15, 0.2) is 30.3 Å². The van der Waals surface area contributed by atoms with E-state index in [2.05, 4.69) is 30.0 Å². The second kappa shape index (κ2) is 9.30. The molecule has 2 saturated heterocycles. The zero-order chi connectivity index (χ0) is 23.2. The summed E-state index contributed by atoms with van der Waals surface area (Å²) in [7, 11) is 0. The maximum absolute atomic E-state index is 12.9. The normalized spacial score (nSPS) is 31.0. The lowest BCUT2D eigenvalue weighted by Crippen LogP contribution is -2.51. The van der Waals surface area contributed by atoms with Crippen molar-refractivity contribution >= 4 is 22.4 Å². The van der Waals surface area contributed by atoms with E-state index in [0.29, 0.717) is 35.7 Å². The van der Waals surface area contributed by atoms with Gasteiger partial charge in [0.25, 0.3) is 0 Å². The van der Waals surface area contributed by atoms with Crippen LogP contribution in [0.4, 0.5) is 13.2 Å². The topological polar surface area (TPSA) is 12.5 Å². The summed E-state index contributed by atoms with van der Waals surface area (Å²) in [5.74, 6) is 0.200. The molecule has 3 aliphatic rings. The summed E-state index contributed by atoms with van der Waals surface area (Å²) < 4.78 is 44.9. The first-order valence-corrected chi connectivity index (χ1v) is 12.9. The van der Waals surface area contributed by atoms with Crippen LogP contribution in [-0.4, -0.2) is 29.3 Å². The molecule has 2 unspecified atom stereocenters. The van der Waals surface area contributed by atoms with Gasteiger partial charge in [-0.3, -0.25) is 4.90 Å². The van der Waals surface area contributed by atoms with Gasteiger partial charge in [-0.05, 0) is 80.4 Å². The van der Waals surface area contributed by atoms with Crippen LogP contribution < -0.4 is 4.74 Å². The summed E-state index contributed by atoms with van der Waals surface area (Å²) in [6.07, 6.45) is 3.35. The van der Waals surface area contributed by atoms with E-state index in [1.165, 1.54) is 37.7 Å². The lowest BCUT2D eigenvalue weighted by atomic mass is 9.79. The molecule has 0 amide bonds. The molecular formula is C27H33ClF3NO. The fourth-order valence-corrected chi connectivity index (χ4v) is 6.70. The van der Waals surface area contributed by atoms with Crippen LogP contribution in [0.3, 0.4) is 0 Å². The van der Waals surface area contributed by atoms with Crippen LogP contribution in [0.25, 0.3) is 10.8 Å². The molecule has 0 N–H and O–H groups in total. The van der Waals surface area contributed by atoms with Gasteiger partial charge in [-0.15, -0.1) is 0 Å². The maximum atomic E-state index is 12.9. The number of ether oxygens (including phenoxy) is 1. The summed E-state index contributed by atoms with van der Waals surface area (Å²) in [4.78, 5) is 2.72. The van der Waals surface area contributed by atoms with Crippen LogP contribution >= 0.6 is 11.6 Å². The highest BCUT2D eigenvalue weighted by atomic mass is 35.5. The van der Waals surface area contributed by atoms with Crippen molar-refractivity contribution in [2.45, 2.75) is 95.6 Å². The summed E-state index contributed by atoms with van der Waals surface area (Å²) in [6.45, 7) is 3.37. The number of hydrogen-bond donors (Lipinski definition) is 0. The Morgan fingerprint density at radius 3 is 2.33 bits per heavy atom. The zero-order valence-electron chi connectivity index (χ0n) is 19.2. The van der Waals surface area contributed by atoms with Gasteiger partial charge in [0.1, 0.15) is 5.75 Å². The van der Waals surface area contributed by atoms with E-state index in [4.69, 9.17) is 16.3 Å². The lowest BCUT2D eigenvalue weighted by molar-refractivity contribution is -0.185. The van der Waals surface area contributed by atoms with E-state index in [0.717, 1.165) is 23.2 Å². The molecular weight excluding hydrogens is 447 g/mol. The molecule has 33 heavy (non-hydrogen) atoms. The van der Waals surface area contributed by atoms with E-state index < -0.39 is 12.1 Å². The Labute approximate surface area is 199 Å². The molecule has 3 fully saturated rings. The van der Waals surface area contributed by atoms with Crippen molar-refractivity contribution in [2.75, 3.05) is 0 Å². The number of halogens is 4. The van der Waals surface area contributed by atoms with Crippen molar-refractivity contribution in [1.82, 2.24) is 4.90 Å². The molecule has 0 radical (unpaired) electrons. The first-order chi connectivity index (χ1) is 15.8. The van der Waals surface area contributed by atoms with E-state index in [1.807, 2.05) is 12.1 Å². The highest BCUT2D eigenvalue weighted by Crippen LogP contribution is 2.41. The van der Waals surface area contributed by atoms with E-state index >= 15 is 0 Å². The van der Waals surface area contributed by atoms with Gasteiger partial charge < -0.3 is 4.74 Å². The van der Waals surface area contributed by atoms with E-state index in [9.17, 15) is 13.2 Å². The smallest absolute Gasteiger partial charge is 0.391 e. The lowest BCUT2D eigenvalue weighted by Gasteiger charge is -2.48. The van der Waals surface area contributed by atoms with Crippen LogP contribution in [0.2, 0.25) is 5.02 Å². The predicted molar refractivity (Wildman–Crippen MR) is 127 cm³/mol. The molecule has 2 aromatic rings. The molecule has 2 aliphatic heterocycles. The monoisotopic (exact) mass is 479 g/mol. The number of piperidine rings is 2. The Morgan fingerprint density at radius 2 is 1.67 bits per heavy atom. The van der Waals surface area contributed by atoms with Gasteiger partial charge in [-0.2, -0.15) is 13.2 Å². The Balaban J connectivity index is 1.27. The highest BCUT2D eigenvalue weighted by Gasteiger charge is 2.42. The molecule has 2 heterocycles.